The number of halogens is 2. The number of pyridine rings is 1. The third-order valence-electron chi connectivity index (χ3n) is 3.39. The molecule has 0 saturated carbocycles. The highest BCUT2D eigenvalue weighted by Crippen LogP contribution is 2.19. The Balaban J connectivity index is 1.76. The second-order valence-corrected chi connectivity index (χ2v) is 5.13. The van der Waals surface area contributed by atoms with Gasteiger partial charge in [-0.05, 0) is 37.1 Å². The second-order valence-electron chi connectivity index (χ2n) is 5.13. The minimum absolute atomic E-state index is 0.236. The normalized spacial score (nSPS) is 12.0. The van der Waals surface area contributed by atoms with Crippen molar-refractivity contribution in [3.05, 3.63) is 65.5 Å². The van der Waals surface area contributed by atoms with Crippen LogP contribution in [0.1, 0.15) is 30.2 Å². The quantitative estimate of drug-likeness (QED) is 0.824. The summed E-state index contributed by atoms with van der Waals surface area (Å²) in [5.41, 5.74) is 0.468. The zero-order chi connectivity index (χ0) is 16.7. The van der Waals surface area contributed by atoms with E-state index in [-0.39, 0.29) is 18.9 Å². The van der Waals surface area contributed by atoms with Crippen LogP contribution in [-0.2, 0) is 11.2 Å². The summed E-state index contributed by atoms with van der Waals surface area (Å²) in [6, 6.07) is 8.92. The van der Waals surface area contributed by atoms with E-state index in [0.717, 1.165) is 17.8 Å². The topological polar surface area (TPSA) is 62.2 Å². The molecule has 1 atom stereocenters. The van der Waals surface area contributed by atoms with Crippen molar-refractivity contribution in [2.75, 3.05) is 6.54 Å². The van der Waals surface area contributed by atoms with Crippen molar-refractivity contribution in [1.82, 2.24) is 10.3 Å². The van der Waals surface area contributed by atoms with E-state index >= 15 is 0 Å². The Kier molecular flexibility index (Phi) is 6.17. The lowest BCUT2D eigenvalue weighted by molar-refractivity contribution is -0.121. The van der Waals surface area contributed by atoms with Gasteiger partial charge in [0.2, 0.25) is 5.91 Å². The number of aliphatic hydroxyl groups excluding tert-OH is 1. The maximum absolute atomic E-state index is 13.5. The molecule has 1 amide bonds. The van der Waals surface area contributed by atoms with Crippen LogP contribution in [0, 0.1) is 11.6 Å². The summed E-state index contributed by atoms with van der Waals surface area (Å²) >= 11 is 0. The summed E-state index contributed by atoms with van der Waals surface area (Å²) < 4.78 is 27.0. The molecule has 1 heterocycles. The zero-order valence-electron chi connectivity index (χ0n) is 12.5. The highest BCUT2D eigenvalue weighted by atomic mass is 19.1. The first kappa shape index (κ1) is 17.0. The van der Waals surface area contributed by atoms with E-state index in [1.54, 1.807) is 6.20 Å². The first-order chi connectivity index (χ1) is 11.1. The molecule has 0 fully saturated rings. The Morgan fingerprint density at radius 2 is 1.91 bits per heavy atom. The van der Waals surface area contributed by atoms with Gasteiger partial charge in [0.25, 0.3) is 0 Å². The standard InChI is InChI=1S/C17H18F2N2O2/c18-13-7-4-8-14(19)17(13)15(22)11-21-16(23)9-3-6-12-5-1-2-10-20-12/h1-2,4-5,7-8,10,15,22H,3,6,9,11H2,(H,21,23). The van der Waals surface area contributed by atoms with Crippen molar-refractivity contribution < 1.29 is 18.7 Å². The summed E-state index contributed by atoms with van der Waals surface area (Å²) in [5.74, 6) is -1.94. The number of nitrogens with zero attached hydrogens (tertiary/aromatic N) is 1. The highest BCUT2D eigenvalue weighted by molar-refractivity contribution is 5.75. The minimum Gasteiger partial charge on any atom is -0.386 e. The maximum Gasteiger partial charge on any atom is 0.220 e. The van der Waals surface area contributed by atoms with Crippen molar-refractivity contribution in [2.45, 2.75) is 25.4 Å². The molecule has 2 N–H and O–H groups in total. The van der Waals surface area contributed by atoms with E-state index in [4.69, 9.17) is 0 Å². The molecule has 2 aromatic rings. The van der Waals surface area contributed by atoms with Gasteiger partial charge in [-0.2, -0.15) is 0 Å². The lowest BCUT2D eigenvalue weighted by Crippen LogP contribution is -2.29. The van der Waals surface area contributed by atoms with E-state index in [0.29, 0.717) is 12.8 Å². The first-order valence-electron chi connectivity index (χ1n) is 7.36. The van der Waals surface area contributed by atoms with E-state index in [1.165, 1.54) is 6.07 Å². The number of benzene rings is 1. The predicted octanol–water partition coefficient (Wildman–Crippen LogP) is 2.53. The van der Waals surface area contributed by atoms with Gasteiger partial charge >= 0.3 is 0 Å². The molecule has 1 unspecified atom stereocenters. The number of carbonyl (C=O) groups is 1. The molecule has 122 valence electrons. The zero-order valence-corrected chi connectivity index (χ0v) is 12.5. The van der Waals surface area contributed by atoms with Gasteiger partial charge in [0, 0.05) is 24.9 Å². The Bertz CT molecular complexity index is 630. The lowest BCUT2D eigenvalue weighted by atomic mass is 10.1. The molecule has 0 aliphatic heterocycles. The molecule has 4 nitrogen and oxygen atoms in total. The second kappa shape index (κ2) is 8.33. The third kappa shape index (κ3) is 5.10. The van der Waals surface area contributed by atoms with Crippen LogP contribution in [0.15, 0.2) is 42.6 Å². The number of hydrogen-bond acceptors (Lipinski definition) is 3. The Morgan fingerprint density at radius 3 is 2.57 bits per heavy atom. The number of amides is 1. The molecule has 0 bridgehead atoms. The number of aliphatic hydroxyl groups is 1. The average molecular weight is 320 g/mol. The molecule has 0 radical (unpaired) electrons. The van der Waals surface area contributed by atoms with E-state index in [9.17, 15) is 18.7 Å². The van der Waals surface area contributed by atoms with Gasteiger partial charge in [0.15, 0.2) is 0 Å². The summed E-state index contributed by atoms with van der Waals surface area (Å²) in [7, 11) is 0. The van der Waals surface area contributed by atoms with Crippen LogP contribution >= 0.6 is 0 Å². The number of rotatable bonds is 7. The van der Waals surface area contributed by atoms with Crippen LogP contribution in [0.5, 0.6) is 0 Å². The van der Waals surface area contributed by atoms with Crippen molar-refractivity contribution in [3.63, 3.8) is 0 Å². The molecule has 1 aromatic carbocycles. The minimum atomic E-state index is -1.42. The highest BCUT2D eigenvalue weighted by Gasteiger charge is 2.18. The van der Waals surface area contributed by atoms with Crippen LogP contribution in [0.2, 0.25) is 0 Å². The molecular formula is C17H18F2N2O2. The van der Waals surface area contributed by atoms with E-state index in [1.807, 2.05) is 18.2 Å². The Hall–Kier alpha value is -2.34. The van der Waals surface area contributed by atoms with Crippen molar-refractivity contribution in [2.24, 2.45) is 0 Å². The summed E-state index contributed by atoms with van der Waals surface area (Å²) in [4.78, 5) is 15.9. The van der Waals surface area contributed by atoms with Crippen LogP contribution in [0.25, 0.3) is 0 Å². The fraction of sp³-hybridized carbons (Fsp3) is 0.294. The van der Waals surface area contributed by atoms with Crippen LogP contribution in [0.3, 0.4) is 0 Å². The fourth-order valence-electron chi connectivity index (χ4n) is 2.21. The largest absolute Gasteiger partial charge is 0.386 e. The molecule has 0 aliphatic rings. The van der Waals surface area contributed by atoms with Crippen molar-refractivity contribution >= 4 is 5.91 Å². The Labute approximate surface area is 133 Å². The van der Waals surface area contributed by atoms with Gasteiger partial charge < -0.3 is 10.4 Å². The average Bonchev–Trinajstić information content (AvgIpc) is 2.54. The molecule has 0 spiro atoms. The lowest BCUT2D eigenvalue weighted by Gasteiger charge is -2.13. The maximum atomic E-state index is 13.5. The van der Waals surface area contributed by atoms with Crippen LogP contribution < -0.4 is 5.32 Å². The molecule has 0 aliphatic carbocycles. The molecule has 2 rings (SSSR count). The van der Waals surface area contributed by atoms with Gasteiger partial charge in [0.1, 0.15) is 17.7 Å². The summed E-state index contributed by atoms with van der Waals surface area (Å²) in [5, 5.41) is 12.3. The summed E-state index contributed by atoms with van der Waals surface area (Å²) in [6.07, 6.45) is 1.79. The van der Waals surface area contributed by atoms with Gasteiger partial charge in [-0.25, -0.2) is 8.78 Å². The number of carbonyl (C=O) groups excluding carboxylic acids is 1. The number of aromatic nitrogens is 1. The van der Waals surface area contributed by atoms with E-state index in [2.05, 4.69) is 10.3 Å². The van der Waals surface area contributed by atoms with Gasteiger partial charge in [0.05, 0.1) is 5.56 Å². The number of hydrogen-bond donors (Lipinski definition) is 2. The molecule has 1 aromatic heterocycles. The fourth-order valence-corrected chi connectivity index (χ4v) is 2.21. The first-order valence-corrected chi connectivity index (χ1v) is 7.36. The molecule has 23 heavy (non-hydrogen) atoms. The SMILES string of the molecule is O=C(CCCc1ccccn1)NCC(O)c1c(F)cccc1F. The molecular weight excluding hydrogens is 302 g/mol. The monoisotopic (exact) mass is 320 g/mol. The molecule has 6 heteroatoms. The van der Waals surface area contributed by atoms with Crippen LogP contribution in [0.4, 0.5) is 8.78 Å². The predicted molar refractivity (Wildman–Crippen MR) is 81.5 cm³/mol. The van der Waals surface area contributed by atoms with E-state index < -0.39 is 23.3 Å². The number of nitrogens with one attached hydrogen (secondary N) is 1. The smallest absolute Gasteiger partial charge is 0.220 e. The van der Waals surface area contributed by atoms with Gasteiger partial charge in [-0.15, -0.1) is 0 Å². The van der Waals surface area contributed by atoms with Gasteiger partial charge in [-0.1, -0.05) is 12.1 Å². The van der Waals surface area contributed by atoms with Gasteiger partial charge in [-0.3, -0.25) is 9.78 Å². The summed E-state index contributed by atoms with van der Waals surface area (Å²) in [6.45, 7) is -0.236. The van der Waals surface area contributed by atoms with Crippen LogP contribution in [-0.4, -0.2) is 22.5 Å². The third-order valence-corrected chi connectivity index (χ3v) is 3.39. The van der Waals surface area contributed by atoms with Crippen molar-refractivity contribution in [1.29, 1.82) is 0 Å². The number of aryl methyl sites for hydroxylation is 1. The Morgan fingerprint density at radius 1 is 1.17 bits per heavy atom. The van der Waals surface area contributed by atoms with Crippen molar-refractivity contribution in [3.8, 4) is 0 Å². The molecule has 0 saturated heterocycles.